The fourth-order valence-corrected chi connectivity index (χ4v) is 2.55. The van der Waals surface area contributed by atoms with Crippen molar-refractivity contribution in [2.45, 2.75) is 26.0 Å². The van der Waals surface area contributed by atoms with E-state index in [-0.39, 0.29) is 0 Å². The topological polar surface area (TPSA) is 76.0 Å². The first kappa shape index (κ1) is 12.7. The molecule has 13 heavy (non-hydrogen) atoms. The van der Waals surface area contributed by atoms with Crippen molar-refractivity contribution in [3.05, 3.63) is 0 Å². The summed E-state index contributed by atoms with van der Waals surface area (Å²) in [5.41, 5.74) is 0.518. The number of hydrogen-bond donors (Lipinski definition) is 1. The molecule has 78 valence electrons. The summed E-state index contributed by atoms with van der Waals surface area (Å²) in [7, 11) is -3.58. The molecule has 1 N–H and O–H groups in total. The van der Waals surface area contributed by atoms with Crippen molar-refractivity contribution < 1.29 is 17.8 Å². The molecule has 0 aliphatic carbocycles. The Morgan fingerprint density at radius 3 is 2.62 bits per heavy atom. The van der Waals surface area contributed by atoms with Gasteiger partial charge >= 0.3 is 9.15 Å². The summed E-state index contributed by atoms with van der Waals surface area (Å²) in [5, 5.41) is 3.23. The molecule has 0 amide bonds. The van der Waals surface area contributed by atoms with Crippen molar-refractivity contribution in [3.8, 4) is 0 Å². The van der Waals surface area contributed by atoms with Crippen LogP contribution in [0.1, 0.15) is 20.8 Å². The van der Waals surface area contributed by atoms with E-state index in [9.17, 15) is 8.42 Å². The summed E-state index contributed by atoms with van der Waals surface area (Å²) in [6, 6.07) is 0. The van der Waals surface area contributed by atoms with Crippen LogP contribution in [0.3, 0.4) is 0 Å². The van der Waals surface area contributed by atoms with Gasteiger partial charge in [-0.2, -0.15) is 8.42 Å². The minimum Gasteiger partial charge on any atom is -0.396 e. The molecule has 7 heteroatoms. The van der Waals surface area contributed by atoms with E-state index in [1.54, 1.807) is 20.8 Å². The number of nitrogens with zero attached hydrogens (tertiary/aromatic N) is 1. The first-order chi connectivity index (χ1) is 5.87. The molecule has 0 aromatic carbocycles. The Morgan fingerprint density at radius 1 is 1.69 bits per heavy atom. The lowest BCUT2D eigenvalue weighted by Crippen LogP contribution is -2.12. The molecule has 0 heterocycles. The van der Waals surface area contributed by atoms with E-state index in [1.807, 2.05) is 0 Å². The van der Waals surface area contributed by atoms with Crippen LogP contribution in [0.4, 0.5) is 0 Å². The maximum absolute atomic E-state index is 10.4. The second kappa shape index (κ2) is 5.46. The van der Waals surface area contributed by atoms with Crippen LogP contribution < -0.4 is 0 Å². The molecule has 0 bridgehead atoms. The van der Waals surface area contributed by atoms with Crippen LogP contribution in [0.25, 0.3) is 0 Å². The third kappa shape index (κ3) is 6.85. The second-order valence-electron chi connectivity index (χ2n) is 2.32. The Morgan fingerprint density at radius 2 is 2.23 bits per heavy atom. The van der Waals surface area contributed by atoms with Crippen LogP contribution in [0, 0.1) is 0 Å². The van der Waals surface area contributed by atoms with Crippen molar-refractivity contribution in [1.82, 2.24) is 0 Å². The number of oxime groups is 1. The van der Waals surface area contributed by atoms with Crippen LogP contribution in [0.5, 0.6) is 0 Å². The summed E-state index contributed by atoms with van der Waals surface area (Å²) in [4.78, 5) is 4.73. The Labute approximate surface area is 81.7 Å². The zero-order chi connectivity index (χ0) is 10.5. The highest BCUT2D eigenvalue weighted by Gasteiger charge is 2.16. The molecule has 0 rings (SSSR count). The molecule has 0 fully saturated rings. The fourth-order valence-electron chi connectivity index (χ4n) is 0.493. The summed E-state index contributed by atoms with van der Waals surface area (Å²) >= 11 is 0. The highest BCUT2D eigenvalue weighted by molar-refractivity contribution is 8.70. The molecular formula is C6H13NO4S2. The van der Waals surface area contributed by atoms with Gasteiger partial charge in [-0.1, -0.05) is 5.16 Å². The number of hydrogen-bond acceptors (Lipinski definition) is 5. The lowest BCUT2D eigenvalue weighted by molar-refractivity contribution is 0.158. The highest BCUT2D eigenvalue weighted by Crippen LogP contribution is 2.18. The van der Waals surface area contributed by atoms with Gasteiger partial charge in [0.1, 0.15) is 6.61 Å². The summed E-state index contributed by atoms with van der Waals surface area (Å²) in [6.07, 6.45) is 0. The van der Waals surface area contributed by atoms with Crippen LogP contribution >= 0.6 is 10.8 Å². The molecule has 0 unspecified atom stereocenters. The first-order valence-corrected chi connectivity index (χ1v) is 6.52. The van der Waals surface area contributed by atoms with Gasteiger partial charge < -0.3 is 4.84 Å². The molecule has 0 aliphatic heterocycles. The number of rotatable bonds is 5. The third-order valence-electron chi connectivity index (χ3n) is 1.19. The van der Waals surface area contributed by atoms with Crippen molar-refractivity contribution >= 4 is 25.7 Å². The molecular weight excluding hydrogens is 214 g/mol. The van der Waals surface area contributed by atoms with E-state index >= 15 is 0 Å². The average Bonchev–Trinajstić information content (AvgIpc) is 1.96. The minimum atomic E-state index is -4.01. The molecule has 0 aromatic rings. The molecule has 0 spiro atoms. The van der Waals surface area contributed by atoms with Gasteiger partial charge in [-0.25, -0.2) is 0 Å². The maximum Gasteiger partial charge on any atom is 0.320 e. The minimum absolute atomic E-state index is 0.415. The normalized spacial score (nSPS) is 15.5. The second-order valence-corrected chi connectivity index (χ2v) is 5.91. The molecule has 0 aromatic heterocycles. The van der Waals surface area contributed by atoms with Gasteiger partial charge in [0.15, 0.2) is 0 Å². The molecule has 5 nitrogen and oxygen atoms in total. The Hall–Kier alpha value is -0.270. The van der Waals surface area contributed by atoms with Gasteiger partial charge in [-0.15, -0.1) is 0 Å². The molecule has 0 saturated heterocycles. The summed E-state index contributed by atoms with van der Waals surface area (Å²) in [6.45, 7) is 5.47. The third-order valence-corrected chi connectivity index (χ3v) is 3.66. The zero-order valence-corrected chi connectivity index (χ0v) is 9.35. The van der Waals surface area contributed by atoms with Gasteiger partial charge in [0.25, 0.3) is 0 Å². The maximum atomic E-state index is 10.4. The molecule has 0 radical (unpaired) electrons. The van der Waals surface area contributed by atoms with Crippen molar-refractivity contribution in [3.63, 3.8) is 0 Å². The van der Waals surface area contributed by atoms with Crippen LogP contribution in [0.2, 0.25) is 0 Å². The van der Waals surface area contributed by atoms with E-state index in [0.29, 0.717) is 23.1 Å². The highest BCUT2D eigenvalue weighted by atomic mass is 33.1. The van der Waals surface area contributed by atoms with Crippen molar-refractivity contribution in [2.75, 3.05) is 6.61 Å². The van der Waals surface area contributed by atoms with E-state index in [1.165, 1.54) is 0 Å². The monoisotopic (exact) mass is 227 g/mol. The van der Waals surface area contributed by atoms with E-state index in [0.717, 1.165) is 0 Å². The fraction of sp³-hybridized carbons (Fsp3) is 0.833. The van der Waals surface area contributed by atoms with E-state index in [4.69, 9.17) is 9.39 Å². The van der Waals surface area contributed by atoms with Gasteiger partial charge in [-0.3, -0.25) is 4.55 Å². The van der Waals surface area contributed by atoms with Gasteiger partial charge in [0.05, 0.1) is 11.0 Å². The predicted octanol–water partition coefficient (Wildman–Crippen LogP) is 1.32. The zero-order valence-electron chi connectivity index (χ0n) is 7.72. The largest absolute Gasteiger partial charge is 0.396 e. The van der Waals surface area contributed by atoms with Gasteiger partial charge in [-0.05, 0) is 20.8 Å². The summed E-state index contributed by atoms with van der Waals surface area (Å²) < 4.78 is 29.4. The lowest BCUT2D eigenvalue weighted by atomic mass is 10.3. The predicted molar refractivity (Wildman–Crippen MR) is 53.3 cm³/mol. The van der Waals surface area contributed by atoms with E-state index in [2.05, 4.69) is 5.16 Å². The van der Waals surface area contributed by atoms with Crippen molar-refractivity contribution in [1.29, 1.82) is 0 Å². The summed E-state index contributed by atoms with van der Waals surface area (Å²) in [5.74, 6) is 0. The van der Waals surface area contributed by atoms with Crippen LogP contribution in [-0.4, -0.2) is 30.5 Å². The van der Waals surface area contributed by atoms with Gasteiger partial charge in [0, 0.05) is 10.8 Å². The SMILES string of the molecule is CCO/N=C(/C)[C@@H](C)SS(=O)(=O)O. The van der Waals surface area contributed by atoms with Crippen molar-refractivity contribution in [2.24, 2.45) is 5.16 Å². The van der Waals surface area contributed by atoms with E-state index < -0.39 is 14.4 Å². The van der Waals surface area contributed by atoms with Crippen LogP contribution in [0.15, 0.2) is 5.16 Å². The molecule has 0 aliphatic rings. The Kier molecular flexibility index (Phi) is 5.34. The Balaban J connectivity index is 4.19. The first-order valence-electron chi connectivity index (χ1n) is 3.69. The van der Waals surface area contributed by atoms with Crippen LogP contribution in [-0.2, 0) is 14.0 Å². The quantitative estimate of drug-likeness (QED) is 0.332. The Bertz CT molecular complexity index is 272. The molecule has 1 atom stereocenters. The van der Waals surface area contributed by atoms with Gasteiger partial charge in [0.2, 0.25) is 0 Å². The smallest absolute Gasteiger partial charge is 0.320 e. The average molecular weight is 227 g/mol. The standard InChI is InChI=1S/C6H13NO4S2/c1-4-11-7-5(2)6(3)12-13(8,9)10/h6H,4H2,1-3H3,(H,8,9,10)/b7-5-/t6-/m1/s1. The molecule has 0 saturated carbocycles. The lowest BCUT2D eigenvalue weighted by Gasteiger charge is -2.06.